The lowest BCUT2D eigenvalue weighted by atomic mass is 9.99. The van der Waals surface area contributed by atoms with Crippen molar-refractivity contribution in [3.8, 4) is 0 Å². The Balaban J connectivity index is 1.83. The molecule has 0 radical (unpaired) electrons. The van der Waals surface area contributed by atoms with Gasteiger partial charge in [-0.15, -0.1) is 11.3 Å². The average Bonchev–Trinajstić information content (AvgIpc) is 2.89. The van der Waals surface area contributed by atoms with Crippen LogP contribution in [0.2, 0.25) is 0 Å². The Bertz CT molecular complexity index is 419. The van der Waals surface area contributed by atoms with Gasteiger partial charge in [0.2, 0.25) is 0 Å². The van der Waals surface area contributed by atoms with Gasteiger partial charge in [0.15, 0.2) is 0 Å². The number of thiophene rings is 1. The fourth-order valence-corrected chi connectivity index (χ4v) is 2.70. The molecule has 2 heterocycles. The fourth-order valence-electron chi connectivity index (χ4n) is 2.05. The highest BCUT2D eigenvalue weighted by Gasteiger charge is 2.27. The molecule has 18 heavy (non-hydrogen) atoms. The molecule has 0 aromatic carbocycles. The van der Waals surface area contributed by atoms with E-state index in [-0.39, 0.29) is 6.03 Å². The summed E-state index contributed by atoms with van der Waals surface area (Å²) < 4.78 is 0. The van der Waals surface area contributed by atoms with Crippen LogP contribution in [0.4, 0.5) is 4.79 Å². The molecule has 1 aromatic rings. The maximum atomic E-state index is 11.9. The zero-order valence-electron chi connectivity index (χ0n) is 9.96. The number of likely N-dealkylation sites (tertiary alicyclic amines) is 1. The van der Waals surface area contributed by atoms with Crippen LogP contribution >= 0.6 is 11.3 Å². The Morgan fingerprint density at radius 2 is 2.39 bits per heavy atom. The number of hydrogen-bond acceptors (Lipinski definition) is 3. The van der Waals surface area contributed by atoms with Gasteiger partial charge in [-0.25, -0.2) is 4.79 Å². The normalized spacial score (nSPS) is 19.6. The average molecular weight is 268 g/mol. The molecule has 1 aliphatic heterocycles. The smallest absolute Gasteiger partial charge is 0.317 e. The van der Waals surface area contributed by atoms with Crippen molar-refractivity contribution in [1.82, 2.24) is 10.2 Å². The van der Waals surface area contributed by atoms with Crippen molar-refractivity contribution in [1.29, 1.82) is 0 Å². The van der Waals surface area contributed by atoms with Crippen molar-refractivity contribution in [3.63, 3.8) is 0 Å². The summed E-state index contributed by atoms with van der Waals surface area (Å²) in [5.74, 6) is -1.24. The van der Waals surface area contributed by atoms with E-state index in [0.29, 0.717) is 26.1 Å². The van der Waals surface area contributed by atoms with Crippen molar-refractivity contribution in [2.75, 3.05) is 13.1 Å². The molecule has 6 heteroatoms. The van der Waals surface area contributed by atoms with E-state index in [4.69, 9.17) is 5.11 Å². The number of hydrogen-bond donors (Lipinski definition) is 2. The van der Waals surface area contributed by atoms with E-state index in [0.717, 1.165) is 11.3 Å². The number of carbonyl (C=O) groups excluding carboxylic acids is 1. The molecule has 1 atom stereocenters. The Hall–Kier alpha value is -1.56. The van der Waals surface area contributed by atoms with Crippen LogP contribution in [0.25, 0.3) is 0 Å². The first kappa shape index (κ1) is 12.9. The Labute approximate surface area is 109 Å². The zero-order valence-corrected chi connectivity index (χ0v) is 10.8. The summed E-state index contributed by atoms with van der Waals surface area (Å²) in [5.41, 5.74) is 0. The number of urea groups is 1. The molecule has 2 N–H and O–H groups in total. The molecule has 0 unspecified atom stereocenters. The van der Waals surface area contributed by atoms with Crippen LogP contribution in [0.3, 0.4) is 0 Å². The number of piperidine rings is 1. The summed E-state index contributed by atoms with van der Waals surface area (Å²) >= 11 is 1.59. The molecule has 2 amide bonds. The van der Waals surface area contributed by atoms with Gasteiger partial charge in [-0.1, -0.05) is 6.07 Å². The molecule has 1 saturated heterocycles. The van der Waals surface area contributed by atoms with Gasteiger partial charge in [0.05, 0.1) is 12.5 Å². The van der Waals surface area contributed by atoms with Gasteiger partial charge in [0, 0.05) is 18.0 Å². The third kappa shape index (κ3) is 3.22. The molecule has 98 valence electrons. The van der Waals surface area contributed by atoms with Crippen LogP contribution in [0.1, 0.15) is 17.7 Å². The highest BCUT2D eigenvalue weighted by molar-refractivity contribution is 7.09. The number of rotatable bonds is 3. The van der Waals surface area contributed by atoms with Crippen molar-refractivity contribution in [3.05, 3.63) is 22.4 Å². The number of nitrogens with zero attached hydrogens (tertiary/aromatic N) is 1. The quantitative estimate of drug-likeness (QED) is 0.877. The number of nitrogens with one attached hydrogen (secondary N) is 1. The molecule has 5 nitrogen and oxygen atoms in total. The SMILES string of the molecule is O=C(O)[C@@H]1CCCN(C(=O)NCc2cccs2)C1. The predicted molar refractivity (Wildman–Crippen MR) is 68.5 cm³/mol. The first-order valence-corrected chi connectivity index (χ1v) is 6.83. The number of aliphatic carboxylic acids is 1. The second-order valence-electron chi connectivity index (χ2n) is 4.36. The van der Waals surface area contributed by atoms with Gasteiger partial charge in [-0.2, -0.15) is 0 Å². The van der Waals surface area contributed by atoms with Gasteiger partial charge in [-0.05, 0) is 24.3 Å². The second-order valence-corrected chi connectivity index (χ2v) is 5.39. The van der Waals surface area contributed by atoms with E-state index in [9.17, 15) is 9.59 Å². The molecule has 1 fully saturated rings. The maximum absolute atomic E-state index is 11.9. The number of amides is 2. The highest BCUT2D eigenvalue weighted by atomic mass is 32.1. The van der Waals surface area contributed by atoms with Crippen LogP contribution in [-0.2, 0) is 11.3 Å². The van der Waals surface area contributed by atoms with Crippen LogP contribution in [0.5, 0.6) is 0 Å². The number of carboxylic acid groups (broad SMARTS) is 1. The second kappa shape index (κ2) is 5.86. The van der Waals surface area contributed by atoms with Crippen LogP contribution in [-0.4, -0.2) is 35.1 Å². The van der Waals surface area contributed by atoms with Crippen LogP contribution in [0.15, 0.2) is 17.5 Å². The van der Waals surface area contributed by atoms with Crippen LogP contribution < -0.4 is 5.32 Å². The van der Waals surface area contributed by atoms with E-state index in [1.165, 1.54) is 0 Å². The lowest BCUT2D eigenvalue weighted by molar-refractivity contribution is -0.143. The first-order valence-electron chi connectivity index (χ1n) is 5.95. The summed E-state index contributed by atoms with van der Waals surface area (Å²) in [6.07, 6.45) is 1.41. The van der Waals surface area contributed by atoms with E-state index in [2.05, 4.69) is 5.32 Å². The van der Waals surface area contributed by atoms with Gasteiger partial charge < -0.3 is 15.3 Å². The molecule has 0 saturated carbocycles. The van der Waals surface area contributed by atoms with E-state index in [1.54, 1.807) is 16.2 Å². The van der Waals surface area contributed by atoms with Gasteiger partial charge in [0.1, 0.15) is 0 Å². The summed E-state index contributed by atoms with van der Waals surface area (Å²) in [7, 11) is 0. The van der Waals surface area contributed by atoms with Crippen molar-refractivity contribution < 1.29 is 14.7 Å². The van der Waals surface area contributed by atoms with E-state index >= 15 is 0 Å². The standard InChI is InChI=1S/C12H16N2O3S/c15-11(16)9-3-1-5-14(8-9)12(17)13-7-10-4-2-6-18-10/h2,4,6,9H,1,3,5,7-8H2,(H,13,17)(H,15,16)/t9-/m1/s1. The molecule has 0 bridgehead atoms. The zero-order chi connectivity index (χ0) is 13.0. The largest absolute Gasteiger partial charge is 0.481 e. The van der Waals surface area contributed by atoms with E-state index in [1.807, 2.05) is 17.5 Å². The van der Waals surface area contributed by atoms with Gasteiger partial charge in [-0.3, -0.25) is 4.79 Å². The molecule has 0 aliphatic carbocycles. The monoisotopic (exact) mass is 268 g/mol. The molecular formula is C12H16N2O3S. The first-order chi connectivity index (χ1) is 8.66. The fraction of sp³-hybridized carbons (Fsp3) is 0.500. The van der Waals surface area contributed by atoms with E-state index < -0.39 is 11.9 Å². The molecule has 1 aromatic heterocycles. The van der Waals surface area contributed by atoms with Gasteiger partial charge in [0.25, 0.3) is 0 Å². The molecule has 0 spiro atoms. The van der Waals surface area contributed by atoms with Crippen molar-refractivity contribution in [2.24, 2.45) is 5.92 Å². The number of carbonyl (C=O) groups is 2. The predicted octanol–water partition coefficient (Wildman–Crippen LogP) is 1.75. The highest BCUT2D eigenvalue weighted by Crippen LogP contribution is 2.16. The lowest BCUT2D eigenvalue weighted by Crippen LogP contribution is -2.46. The molecule has 1 aliphatic rings. The third-order valence-corrected chi connectivity index (χ3v) is 3.93. The van der Waals surface area contributed by atoms with Crippen LogP contribution in [0, 0.1) is 5.92 Å². The molecular weight excluding hydrogens is 252 g/mol. The summed E-state index contributed by atoms with van der Waals surface area (Å²) in [6.45, 7) is 1.45. The maximum Gasteiger partial charge on any atom is 0.317 e. The Morgan fingerprint density at radius 1 is 1.56 bits per heavy atom. The molecule has 2 rings (SSSR count). The Kier molecular flexibility index (Phi) is 4.19. The topological polar surface area (TPSA) is 69.6 Å². The number of carboxylic acids is 1. The van der Waals surface area contributed by atoms with Crippen molar-refractivity contribution >= 4 is 23.3 Å². The minimum absolute atomic E-state index is 0.172. The summed E-state index contributed by atoms with van der Waals surface area (Å²) in [6, 6.07) is 3.73. The third-order valence-electron chi connectivity index (χ3n) is 3.05. The minimum atomic E-state index is -0.814. The summed E-state index contributed by atoms with van der Waals surface area (Å²) in [4.78, 5) is 25.5. The van der Waals surface area contributed by atoms with Gasteiger partial charge >= 0.3 is 12.0 Å². The lowest BCUT2D eigenvalue weighted by Gasteiger charge is -2.30. The summed E-state index contributed by atoms with van der Waals surface area (Å²) in [5, 5.41) is 13.7. The van der Waals surface area contributed by atoms with Crippen molar-refractivity contribution in [2.45, 2.75) is 19.4 Å². The Morgan fingerprint density at radius 3 is 3.06 bits per heavy atom. The minimum Gasteiger partial charge on any atom is -0.481 e.